The first-order chi connectivity index (χ1) is 9.15. The standard InChI is InChI=1S/C14H18ClFN2O/c15-11-5-6-13(12(16)9-11)17-14(19)10-18-7-3-1-2-4-8-18/h5-6,9H,1-4,7-8,10H2,(H,17,19)/p+1. The number of carbonyl (C=O) groups is 1. The first kappa shape index (κ1) is 14.3. The highest BCUT2D eigenvalue weighted by Gasteiger charge is 2.17. The normalized spacial score (nSPS) is 16.9. The van der Waals surface area contributed by atoms with Crippen molar-refractivity contribution < 1.29 is 14.1 Å². The van der Waals surface area contributed by atoms with Crippen LogP contribution in [0, 0.1) is 5.82 Å². The van der Waals surface area contributed by atoms with Crippen molar-refractivity contribution in [3.63, 3.8) is 0 Å². The first-order valence-electron chi connectivity index (χ1n) is 6.73. The van der Waals surface area contributed by atoms with Crippen molar-refractivity contribution in [2.75, 3.05) is 25.0 Å². The summed E-state index contributed by atoms with van der Waals surface area (Å²) in [5.41, 5.74) is 0.198. The second-order valence-corrected chi connectivity index (χ2v) is 5.45. The molecule has 3 nitrogen and oxygen atoms in total. The van der Waals surface area contributed by atoms with Crippen molar-refractivity contribution in [2.45, 2.75) is 25.7 Å². The average Bonchev–Trinajstić information content (AvgIpc) is 2.61. The van der Waals surface area contributed by atoms with Gasteiger partial charge >= 0.3 is 0 Å². The lowest BCUT2D eigenvalue weighted by atomic mass is 10.2. The van der Waals surface area contributed by atoms with Gasteiger partial charge in [-0.1, -0.05) is 11.6 Å². The number of hydrogen-bond acceptors (Lipinski definition) is 1. The maximum atomic E-state index is 13.5. The monoisotopic (exact) mass is 285 g/mol. The summed E-state index contributed by atoms with van der Waals surface area (Å²) in [4.78, 5) is 13.2. The molecule has 1 aromatic carbocycles. The Kier molecular flexibility index (Phi) is 5.16. The van der Waals surface area contributed by atoms with Crippen molar-refractivity contribution in [3.05, 3.63) is 29.0 Å². The molecule has 0 radical (unpaired) electrons. The molecule has 0 aromatic heterocycles. The van der Waals surface area contributed by atoms with Gasteiger partial charge in [-0.3, -0.25) is 4.79 Å². The van der Waals surface area contributed by atoms with Crippen molar-refractivity contribution >= 4 is 23.2 Å². The van der Waals surface area contributed by atoms with E-state index in [0.29, 0.717) is 11.6 Å². The van der Waals surface area contributed by atoms with Crippen LogP contribution in [0.3, 0.4) is 0 Å². The molecule has 2 rings (SSSR count). The maximum Gasteiger partial charge on any atom is 0.279 e. The molecule has 0 spiro atoms. The molecule has 19 heavy (non-hydrogen) atoms. The third-order valence-electron chi connectivity index (χ3n) is 3.43. The van der Waals surface area contributed by atoms with Crippen LogP contribution in [0.4, 0.5) is 10.1 Å². The van der Waals surface area contributed by atoms with Crippen LogP contribution in [-0.2, 0) is 4.79 Å². The molecule has 1 aliphatic rings. The van der Waals surface area contributed by atoms with Gasteiger partial charge in [0.05, 0.1) is 18.8 Å². The van der Waals surface area contributed by atoms with Gasteiger partial charge in [0.15, 0.2) is 6.54 Å². The van der Waals surface area contributed by atoms with Crippen LogP contribution in [-0.4, -0.2) is 25.5 Å². The number of hydrogen-bond donors (Lipinski definition) is 2. The van der Waals surface area contributed by atoms with Crippen molar-refractivity contribution in [2.24, 2.45) is 0 Å². The summed E-state index contributed by atoms with van der Waals surface area (Å²) in [6.07, 6.45) is 4.82. The van der Waals surface area contributed by atoms with Crippen molar-refractivity contribution in [3.8, 4) is 0 Å². The van der Waals surface area contributed by atoms with Gasteiger partial charge in [0.25, 0.3) is 5.91 Å². The van der Waals surface area contributed by atoms with Crippen LogP contribution in [0.5, 0.6) is 0 Å². The smallest absolute Gasteiger partial charge is 0.279 e. The number of carbonyl (C=O) groups excluding carboxylic acids is 1. The minimum Gasteiger partial charge on any atom is -0.327 e. The number of amides is 1. The largest absolute Gasteiger partial charge is 0.327 e. The van der Waals surface area contributed by atoms with Gasteiger partial charge in [0.1, 0.15) is 5.82 Å². The lowest BCUT2D eigenvalue weighted by molar-refractivity contribution is -0.890. The van der Waals surface area contributed by atoms with E-state index in [4.69, 9.17) is 11.6 Å². The van der Waals surface area contributed by atoms with Gasteiger partial charge in [0.2, 0.25) is 0 Å². The van der Waals surface area contributed by atoms with Gasteiger partial charge < -0.3 is 10.2 Å². The summed E-state index contributed by atoms with van der Waals surface area (Å²) in [6, 6.07) is 4.27. The van der Waals surface area contributed by atoms with Gasteiger partial charge in [0, 0.05) is 5.02 Å². The lowest BCUT2D eigenvalue weighted by Crippen LogP contribution is -3.12. The lowest BCUT2D eigenvalue weighted by Gasteiger charge is -2.16. The highest BCUT2D eigenvalue weighted by molar-refractivity contribution is 6.30. The number of benzene rings is 1. The number of quaternary nitrogens is 1. The Bertz CT molecular complexity index is 445. The fourth-order valence-corrected chi connectivity index (χ4v) is 2.58. The van der Waals surface area contributed by atoms with Crippen LogP contribution in [0.25, 0.3) is 0 Å². The Morgan fingerprint density at radius 3 is 2.58 bits per heavy atom. The van der Waals surface area contributed by atoms with E-state index < -0.39 is 5.82 Å². The second kappa shape index (κ2) is 6.87. The predicted molar refractivity (Wildman–Crippen MR) is 74.1 cm³/mol. The van der Waals surface area contributed by atoms with Crippen LogP contribution in [0.2, 0.25) is 5.02 Å². The van der Waals surface area contributed by atoms with Crippen molar-refractivity contribution in [1.82, 2.24) is 0 Å². The zero-order valence-corrected chi connectivity index (χ0v) is 11.6. The van der Waals surface area contributed by atoms with E-state index in [9.17, 15) is 9.18 Å². The number of likely N-dealkylation sites (tertiary alicyclic amines) is 1. The molecular formula is C14H19ClFN2O+. The molecule has 0 bridgehead atoms. The van der Waals surface area contributed by atoms with E-state index in [0.717, 1.165) is 25.9 Å². The minimum atomic E-state index is -0.494. The first-order valence-corrected chi connectivity index (χ1v) is 7.11. The highest BCUT2D eigenvalue weighted by Crippen LogP contribution is 2.18. The zero-order chi connectivity index (χ0) is 13.7. The van der Waals surface area contributed by atoms with Crippen LogP contribution in [0.1, 0.15) is 25.7 Å². The van der Waals surface area contributed by atoms with Gasteiger partial charge in [-0.15, -0.1) is 0 Å². The molecule has 0 unspecified atom stereocenters. The Morgan fingerprint density at radius 1 is 1.26 bits per heavy atom. The number of rotatable bonds is 3. The minimum absolute atomic E-state index is 0.141. The summed E-state index contributed by atoms with van der Waals surface area (Å²) >= 11 is 5.67. The quantitative estimate of drug-likeness (QED) is 0.873. The molecule has 1 heterocycles. The van der Waals surface area contributed by atoms with E-state index in [1.165, 1.54) is 29.9 Å². The maximum absolute atomic E-state index is 13.5. The summed E-state index contributed by atoms with van der Waals surface area (Å²) < 4.78 is 13.5. The molecule has 0 aliphatic carbocycles. The SMILES string of the molecule is O=C(C[NH+]1CCCCCC1)Nc1ccc(Cl)cc1F. The van der Waals surface area contributed by atoms with E-state index in [1.807, 2.05) is 0 Å². The number of halogens is 2. The average molecular weight is 286 g/mol. The van der Waals surface area contributed by atoms with E-state index in [2.05, 4.69) is 5.32 Å². The molecule has 0 saturated carbocycles. The second-order valence-electron chi connectivity index (χ2n) is 5.01. The highest BCUT2D eigenvalue weighted by atomic mass is 35.5. The van der Waals surface area contributed by atoms with Gasteiger partial charge in [-0.2, -0.15) is 0 Å². The van der Waals surface area contributed by atoms with Crippen LogP contribution >= 0.6 is 11.6 Å². The molecule has 104 valence electrons. The van der Waals surface area contributed by atoms with E-state index in [-0.39, 0.29) is 11.6 Å². The third kappa shape index (κ3) is 4.48. The Morgan fingerprint density at radius 2 is 1.95 bits per heavy atom. The Hall–Kier alpha value is -1.13. The molecule has 0 atom stereocenters. The fourth-order valence-electron chi connectivity index (χ4n) is 2.42. The summed E-state index contributed by atoms with van der Waals surface area (Å²) in [5.74, 6) is -0.634. The predicted octanol–water partition coefficient (Wildman–Crippen LogP) is 1.88. The third-order valence-corrected chi connectivity index (χ3v) is 3.66. The van der Waals surface area contributed by atoms with Crippen LogP contribution < -0.4 is 10.2 Å². The van der Waals surface area contributed by atoms with Gasteiger partial charge in [-0.25, -0.2) is 4.39 Å². The number of anilines is 1. The van der Waals surface area contributed by atoms with E-state index in [1.54, 1.807) is 6.07 Å². The van der Waals surface area contributed by atoms with Gasteiger partial charge in [-0.05, 0) is 43.9 Å². The summed E-state index contributed by atoms with van der Waals surface area (Å²) in [5, 5.41) is 2.94. The summed E-state index contributed by atoms with van der Waals surface area (Å²) in [7, 11) is 0. The molecule has 5 heteroatoms. The molecule has 2 N–H and O–H groups in total. The van der Waals surface area contributed by atoms with E-state index >= 15 is 0 Å². The molecule has 1 aromatic rings. The van der Waals surface area contributed by atoms with Crippen molar-refractivity contribution in [1.29, 1.82) is 0 Å². The fraction of sp³-hybridized carbons (Fsp3) is 0.500. The Labute approximate surface area is 117 Å². The van der Waals surface area contributed by atoms with Crippen LogP contribution in [0.15, 0.2) is 18.2 Å². The molecule has 1 fully saturated rings. The zero-order valence-electron chi connectivity index (χ0n) is 10.8. The summed E-state index contributed by atoms with van der Waals surface area (Å²) in [6.45, 7) is 2.45. The topological polar surface area (TPSA) is 33.5 Å². The molecule has 1 saturated heterocycles. The molecular weight excluding hydrogens is 267 g/mol. The Balaban J connectivity index is 1.89. The molecule has 1 aliphatic heterocycles. The molecule has 1 amide bonds. The number of nitrogens with one attached hydrogen (secondary N) is 2.